The first-order chi connectivity index (χ1) is 11.1. The van der Waals surface area contributed by atoms with E-state index in [0.29, 0.717) is 16.0 Å². The first-order valence-corrected chi connectivity index (χ1v) is 8.07. The summed E-state index contributed by atoms with van der Waals surface area (Å²) < 4.78 is 1.44. The van der Waals surface area contributed by atoms with E-state index in [-0.39, 0.29) is 18.5 Å². The number of fused-ring (bicyclic) bond motifs is 1. The van der Waals surface area contributed by atoms with Gasteiger partial charge >= 0.3 is 5.97 Å². The molecule has 3 aromatic heterocycles. The van der Waals surface area contributed by atoms with Gasteiger partial charge in [0.25, 0.3) is 5.56 Å². The summed E-state index contributed by atoms with van der Waals surface area (Å²) in [5, 5.41) is 9.49. The van der Waals surface area contributed by atoms with E-state index in [1.807, 2.05) is 13.0 Å². The van der Waals surface area contributed by atoms with Gasteiger partial charge in [0.1, 0.15) is 10.7 Å². The fourth-order valence-electron chi connectivity index (χ4n) is 2.38. The molecule has 3 rings (SSSR count). The Morgan fingerprint density at radius 2 is 2.09 bits per heavy atom. The maximum absolute atomic E-state index is 12.8. The number of hydrogen-bond acceptors (Lipinski definition) is 5. The Labute approximate surface area is 136 Å². The Kier molecular flexibility index (Phi) is 4.20. The highest BCUT2D eigenvalue weighted by molar-refractivity contribution is 7.18. The Bertz CT molecular complexity index is 915. The van der Waals surface area contributed by atoms with Crippen LogP contribution >= 0.6 is 11.3 Å². The molecule has 0 fully saturated rings. The number of carbonyl (C=O) groups is 1. The Morgan fingerprint density at radius 3 is 2.74 bits per heavy atom. The molecular weight excluding hydrogens is 314 g/mol. The number of carboxylic acid groups (broad SMARTS) is 1. The van der Waals surface area contributed by atoms with E-state index in [4.69, 9.17) is 5.11 Å². The second-order valence-corrected chi connectivity index (χ2v) is 6.17. The molecule has 0 aliphatic heterocycles. The van der Waals surface area contributed by atoms with E-state index in [1.165, 1.54) is 15.9 Å². The maximum atomic E-state index is 12.8. The monoisotopic (exact) mass is 329 g/mol. The molecule has 0 radical (unpaired) electrons. The van der Waals surface area contributed by atoms with Crippen LogP contribution in [0.15, 0.2) is 35.4 Å². The largest absolute Gasteiger partial charge is 0.481 e. The molecule has 0 amide bonds. The number of carboxylic acids is 1. The molecule has 0 aliphatic rings. The summed E-state index contributed by atoms with van der Waals surface area (Å²) in [7, 11) is 0. The molecule has 0 aliphatic carbocycles. The highest BCUT2D eigenvalue weighted by Crippen LogP contribution is 2.25. The van der Waals surface area contributed by atoms with Crippen molar-refractivity contribution in [3.05, 3.63) is 45.8 Å². The molecule has 23 heavy (non-hydrogen) atoms. The van der Waals surface area contributed by atoms with Gasteiger partial charge in [-0.05, 0) is 24.6 Å². The predicted molar refractivity (Wildman–Crippen MR) is 88.7 cm³/mol. The van der Waals surface area contributed by atoms with E-state index in [2.05, 4.69) is 9.97 Å². The highest BCUT2D eigenvalue weighted by atomic mass is 32.1. The molecule has 0 saturated carbocycles. The number of aromatic nitrogens is 3. The summed E-state index contributed by atoms with van der Waals surface area (Å²) in [6, 6.07) is 5.38. The van der Waals surface area contributed by atoms with Crippen molar-refractivity contribution in [2.24, 2.45) is 0 Å². The third-order valence-corrected chi connectivity index (χ3v) is 4.71. The van der Waals surface area contributed by atoms with Gasteiger partial charge in [0.05, 0.1) is 11.8 Å². The van der Waals surface area contributed by atoms with Crippen LogP contribution in [0.1, 0.15) is 18.2 Å². The zero-order valence-electron chi connectivity index (χ0n) is 12.5. The summed E-state index contributed by atoms with van der Waals surface area (Å²) in [5.74, 6) is -0.465. The van der Waals surface area contributed by atoms with Gasteiger partial charge in [-0.15, -0.1) is 11.3 Å². The Morgan fingerprint density at radius 1 is 1.35 bits per heavy atom. The van der Waals surface area contributed by atoms with Crippen LogP contribution in [0, 0.1) is 0 Å². The second kappa shape index (κ2) is 6.29. The lowest BCUT2D eigenvalue weighted by atomic mass is 10.2. The van der Waals surface area contributed by atoms with Crippen LogP contribution in [0.4, 0.5) is 0 Å². The van der Waals surface area contributed by atoms with Crippen LogP contribution in [0.3, 0.4) is 0 Å². The summed E-state index contributed by atoms with van der Waals surface area (Å²) >= 11 is 1.50. The lowest BCUT2D eigenvalue weighted by Crippen LogP contribution is -2.24. The summed E-state index contributed by atoms with van der Waals surface area (Å²) in [5.41, 5.74) is 0.551. The van der Waals surface area contributed by atoms with Gasteiger partial charge in [0, 0.05) is 29.4 Å². The predicted octanol–water partition coefficient (Wildman–Crippen LogP) is 2.56. The topological polar surface area (TPSA) is 85.1 Å². The smallest absolute Gasteiger partial charge is 0.305 e. The van der Waals surface area contributed by atoms with Gasteiger partial charge < -0.3 is 5.11 Å². The molecule has 6 nitrogen and oxygen atoms in total. The normalized spacial score (nSPS) is 11.0. The lowest BCUT2D eigenvalue weighted by molar-refractivity contribution is -0.137. The van der Waals surface area contributed by atoms with Crippen molar-refractivity contribution < 1.29 is 9.90 Å². The molecule has 1 N–H and O–H groups in total. The van der Waals surface area contributed by atoms with Crippen molar-refractivity contribution in [3.63, 3.8) is 0 Å². The van der Waals surface area contributed by atoms with Crippen LogP contribution in [0.25, 0.3) is 21.6 Å². The van der Waals surface area contributed by atoms with Crippen LogP contribution in [-0.4, -0.2) is 25.6 Å². The number of thiophene rings is 1. The molecule has 0 bridgehead atoms. The standard InChI is InChI=1S/C16H15N3O3S/c1-2-11-9-12-15(23-11)18-14(10-3-6-17-7-4-10)19(16(12)22)8-5-13(20)21/h3-4,6-7,9H,2,5,8H2,1H3,(H,20,21). The molecule has 0 atom stereocenters. The number of aryl methyl sites for hydroxylation is 1. The minimum Gasteiger partial charge on any atom is -0.481 e. The fraction of sp³-hybridized carbons (Fsp3) is 0.250. The zero-order chi connectivity index (χ0) is 16.4. The van der Waals surface area contributed by atoms with E-state index in [0.717, 1.165) is 16.9 Å². The van der Waals surface area contributed by atoms with E-state index >= 15 is 0 Å². The molecular formula is C16H15N3O3S. The van der Waals surface area contributed by atoms with Crippen molar-refractivity contribution in [1.82, 2.24) is 14.5 Å². The number of hydrogen-bond donors (Lipinski definition) is 1. The number of pyridine rings is 1. The first kappa shape index (κ1) is 15.4. The third kappa shape index (κ3) is 3.00. The number of aliphatic carboxylic acids is 1. The maximum Gasteiger partial charge on any atom is 0.305 e. The van der Waals surface area contributed by atoms with Crippen molar-refractivity contribution in [1.29, 1.82) is 0 Å². The van der Waals surface area contributed by atoms with Crippen LogP contribution in [0.5, 0.6) is 0 Å². The molecule has 7 heteroatoms. The summed E-state index contributed by atoms with van der Waals surface area (Å²) in [6.45, 7) is 2.11. The molecule has 0 saturated heterocycles. The quantitative estimate of drug-likeness (QED) is 0.777. The van der Waals surface area contributed by atoms with Gasteiger partial charge in [-0.1, -0.05) is 6.92 Å². The number of nitrogens with zero attached hydrogens (tertiary/aromatic N) is 3. The van der Waals surface area contributed by atoms with Gasteiger partial charge in [0.15, 0.2) is 0 Å². The average Bonchev–Trinajstić information content (AvgIpc) is 2.98. The van der Waals surface area contributed by atoms with Crippen molar-refractivity contribution in [2.75, 3.05) is 0 Å². The van der Waals surface area contributed by atoms with E-state index in [9.17, 15) is 9.59 Å². The molecule has 0 spiro atoms. The lowest BCUT2D eigenvalue weighted by Gasteiger charge is -2.11. The molecule has 118 valence electrons. The fourth-order valence-corrected chi connectivity index (χ4v) is 3.33. The Balaban J connectivity index is 2.24. The van der Waals surface area contributed by atoms with Crippen LogP contribution in [0.2, 0.25) is 0 Å². The SMILES string of the molecule is CCc1cc2c(=O)n(CCC(=O)O)c(-c3ccncc3)nc2s1. The van der Waals surface area contributed by atoms with Crippen molar-refractivity contribution in [3.8, 4) is 11.4 Å². The van der Waals surface area contributed by atoms with Crippen molar-refractivity contribution in [2.45, 2.75) is 26.3 Å². The van der Waals surface area contributed by atoms with Gasteiger partial charge in [-0.2, -0.15) is 0 Å². The van der Waals surface area contributed by atoms with Gasteiger partial charge in [0.2, 0.25) is 0 Å². The first-order valence-electron chi connectivity index (χ1n) is 7.25. The van der Waals surface area contributed by atoms with Gasteiger partial charge in [-0.3, -0.25) is 19.1 Å². The molecule has 3 aromatic rings. The Hall–Kier alpha value is -2.54. The van der Waals surface area contributed by atoms with Crippen LogP contribution in [-0.2, 0) is 17.8 Å². The zero-order valence-corrected chi connectivity index (χ0v) is 13.3. The summed E-state index contributed by atoms with van der Waals surface area (Å²) in [6.07, 6.45) is 3.95. The summed E-state index contributed by atoms with van der Waals surface area (Å²) in [4.78, 5) is 34.0. The molecule has 0 unspecified atom stereocenters. The molecule has 3 heterocycles. The van der Waals surface area contributed by atoms with Gasteiger partial charge in [-0.25, -0.2) is 4.98 Å². The minimum atomic E-state index is -0.947. The minimum absolute atomic E-state index is 0.0894. The third-order valence-electron chi connectivity index (χ3n) is 3.54. The average molecular weight is 329 g/mol. The molecule has 0 aromatic carbocycles. The number of rotatable bonds is 5. The van der Waals surface area contributed by atoms with E-state index in [1.54, 1.807) is 24.5 Å². The van der Waals surface area contributed by atoms with Crippen LogP contribution < -0.4 is 5.56 Å². The highest BCUT2D eigenvalue weighted by Gasteiger charge is 2.15. The van der Waals surface area contributed by atoms with Crippen molar-refractivity contribution >= 4 is 27.5 Å². The second-order valence-electron chi connectivity index (χ2n) is 5.06. The van der Waals surface area contributed by atoms with E-state index < -0.39 is 5.97 Å².